The van der Waals surface area contributed by atoms with Crippen LogP contribution in [0.4, 0.5) is 5.69 Å². The maximum atomic E-state index is 12.6. The largest absolute Gasteiger partial charge is 0.462 e. The van der Waals surface area contributed by atoms with Crippen LogP contribution in [0, 0.1) is 6.92 Å². The number of aromatic nitrogens is 2. The summed E-state index contributed by atoms with van der Waals surface area (Å²) in [5, 5.41) is 3.79. The molecule has 4 rings (SSSR count). The molecule has 0 saturated carbocycles. The lowest BCUT2D eigenvalue weighted by molar-refractivity contribution is 0.0531. The minimum absolute atomic E-state index is 0.250. The lowest BCUT2D eigenvalue weighted by atomic mass is 10.1. The second-order valence-corrected chi connectivity index (χ2v) is 8.76. The zero-order valence-corrected chi connectivity index (χ0v) is 19.9. The Hall–Kier alpha value is -3.75. The molecule has 9 heteroatoms. The van der Waals surface area contributed by atoms with E-state index >= 15 is 0 Å². The van der Waals surface area contributed by atoms with Crippen LogP contribution in [0.3, 0.4) is 0 Å². The summed E-state index contributed by atoms with van der Waals surface area (Å²) in [5.74, 6) is -0.360. The highest BCUT2D eigenvalue weighted by molar-refractivity contribution is 7.20. The monoisotopic (exact) mass is 493 g/mol. The van der Waals surface area contributed by atoms with Gasteiger partial charge < -0.3 is 15.0 Å². The third-order valence-electron chi connectivity index (χ3n) is 4.96. The molecule has 2 aromatic carbocycles. The molecule has 0 aliphatic rings. The number of fused-ring (bicyclic) bond motifs is 1. The molecule has 2 N–H and O–H groups in total. The predicted molar refractivity (Wildman–Crippen MR) is 136 cm³/mol. The van der Waals surface area contributed by atoms with E-state index in [1.807, 2.05) is 12.1 Å². The predicted octanol–water partition coefficient (Wildman–Crippen LogP) is 5.55. The Balaban J connectivity index is 1.56. The van der Waals surface area contributed by atoms with Crippen LogP contribution in [-0.4, -0.2) is 28.5 Å². The summed E-state index contributed by atoms with van der Waals surface area (Å²) >= 11 is 7.01. The molecule has 0 aliphatic heterocycles. The molecule has 0 atom stereocenters. The highest BCUT2D eigenvalue weighted by atomic mass is 35.5. The van der Waals surface area contributed by atoms with E-state index < -0.39 is 5.97 Å². The van der Waals surface area contributed by atoms with E-state index in [1.54, 1.807) is 62.4 Å². The van der Waals surface area contributed by atoms with Crippen molar-refractivity contribution in [2.75, 3.05) is 11.9 Å². The maximum absolute atomic E-state index is 12.6. The van der Waals surface area contributed by atoms with Gasteiger partial charge in [0.25, 0.3) is 11.5 Å². The molecular formula is C25H20ClN3O4S. The summed E-state index contributed by atoms with van der Waals surface area (Å²) < 4.78 is 5.07. The molecule has 4 aromatic rings. The molecule has 2 aromatic heterocycles. The molecule has 172 valence electrons. The van der Waals surface area contributed by atoms with E-state index in [2.05, 4.69) is 15.3 Å². The molecule has 0 unspecified atom stereocenters. The Morgan fingerprint density at radius 2 is 1.94 bits per heavy atom. The topological polar surface area (TPSA) is 101 Å². The van der Waals surface area contributed by atoms with Gasteiger partial charge in [-0.05, 0) is 67.4 Å². The third-order valence-corrected chi connectivity index (χ3v) is 6.38. The molecule has 0 fully saturated rings. The summed E-state index contributed by atoms with van der Waals surface area (Å²) in [6.07, 6.45) is 3.44. The average molecular weight is 494 g/mol. The number of carbonyl (C=O) groups is 2. The van der Waals surface area contributed by atoms with Gasteiger partial charge in [-0.3, -0.25) is 9.59 Å². The highest BCUT2D eigenvalue weighted by Crippen LogP contribution is 2.28. The number of esters is 1. The van der Waals surface area contributed by atoms with Gasteiger partial charge in [0, 0.05) is 16.3 Å². The zero-order valence-electron chi connectivity index (χ0n) is 18.3. The van der Waals surface area contributed by atoms with E-state index in [0.29, 0.717) is 42.8 Å². The Labute approximate surface area is 204 Å². The van der Waals surface area contributed by atoms with Crippen LogP contribution in [0.25, 0.3) is 22.4 Å². The number of hydrogen-bond donors (Lipinski definition) is 2. The molecule has 0 saturated heterocycles. The number of anilines is 1. The summed E-state index contributed by atoms with van der Waals surface area (Å²) in [6, 6.07) is 13.9. The van der Waals surface area contributed by atoms with Crippen LogP contribution in [0.2, 0.25) is 5.02 Å². The van der Waals surface area contributed by atoms with Crippen molar-refractivity contribution in [1.82, 2.24) is 9.97 Å². The second kappa shape index (κ2) is 10.0. The minimum Gasteiger partial charge on any atom is -0.462 e. The van der Waals surface area contributed by atoms with E-state index in [1.165, 1.54) is 0 Å². The van der Waals surface area contributed by atoms with Gasteiger partial charge in [0.1, 0.15) is 15.5 Å². The molecule has 34 heavy (non-hydrogen) atoms. The molecule has 7 nitrogen and oxygen atoms in total. The molecule has 0 radical (unpaired) electrons. The minimum atomic E-state index is -0.461. The molecule has 1 amide bonds. The van der Waals surface area contributed by atoms with Crippen molar-refractivity contribution in [2.24, 2.45) is 0 Å². The Morgan fingerprint density at radius 3 is 2.68 bits per heavy atom. The van der Waals surface area contributed by atoms with E-state index in [-0.39, 0.29) is 18.1 Å². The van der Waals surface area contributed by atoms with Crippen LogP contribution in [0.15, 0.2) is 53.3 Å². The fourth-order valence-electron chi connectivity index (χ4n) is 3.33. The first-order chi connectivity index (χ1) is 16.4. The van der Waals surface area contributed by atoms with Gasteiger partial charge in [0.15, 0.2) is 0 Å². The van der Waals surface area contributed by atoms with Gasteiger partial charge in [0.05, 0.1) is 12.0 Å². The standard InChI is InChI=1S/C25H20ClN3O4S/c1-3-33-25(32)21-14(2)20-23(31)28-19(29-24(20)34-21)12-7-15-5-4-6-18(13-15)27-22(30)16-8-10-17(26)11-9-16/h4-13H,3H2,1-2H3,(H,27,30)(H,28,29,31)/b12-7+. The van der Waals surface area contributed by atoms with Crippen molar-refractivity contribution >= 4 is 62.9 Å². The number of nitrogens with zero attached hydrogens (tertiary/aromatic N) is 1. The van der Waals surface area contributed by atoms with Crippen LogP contribution >= 0.6 is 22.9 Å². The van der Waals surface area contributed by atoms with Crippen LogP contribution in [-0.2, 0) is 4.74 Å². The lowest BCUT2D eigenvalue weighted by Gasteiger charge is -2.06. The maximum Gasteiger partial charge on any atom is 0.348 e. The van der Waals surface area contributed by atoms with E-state index in [4.69, 9.17) is 16.3 Å². The third kappa shape index (κ3) is 5.08. The van der Waals surface area contributed by atoms with Gasteiger partial charge >= 0.3 is 5.97 Å². The highest BCUT2D eigenvalue weighted by Gasteiger charge is 2.19. The first-order valence-corrected chi connectivity index (χ1v) is 11.6. The van der Waals surface area contributed by atoms with Gasteiger partial charge in [-0.15, -0.1) is 11.3 Å². The van der Waals surface area contributed by atoms with Crippen molar-refractivity contribution in [3.63, 3.8) is 0 Å². The Kier molecular flexibility index (Phi) is 6.90. The van der Waals surface area contributed by atoms with E-state index in [0.717, 1.165) is 16.9 Å². The second-order valence-electron chi connectivity index (χ2n) is 7.33. The van der Waals surface area contributed by atoms with Crippen molar-refractivity contribution in [3.8, 4) is 0 Å². The molecule has 0 spiro atoms. The van der Waals surface area contributed by atoms with Crippen molar-refractivity contribution < 1.29 is 14.3 Å². The number of H-pyrrole nitrogens is 1. The van der Waals surface area contributed by atoms with Gasteiger partial charge in [-0.1, -0.05) is 29.8 Å². The van der Waals surface area contributed by atoms with Crippen molar-refractivity contribution in [2.45, 2.75) is 13.8 Å². The van der Waals surface area contributed by atoms with Crippen LogP contribution in [0.5, 0.6) is 0 Å². The number of halogens is 1. The number of aryl methyl sites for hydroxylation is 1. The quantitative estimate of drug-likeness (QED) is 0.343. The fraction of sp³-hybridized carbons (Fsp3) is 0.120. The average Bonchev–Trinajstić information content (AvgIpc) is 3.15. The molecule has 0 aliphatic carbocycles. The molecule has 2 heterocycles. The van der Waals surface area contributed by atoms with Gasteiger partial charge in [-0.25, -0.2) is 9.78 Å². The number of nitrogens with one attached hydrogen (secondary N) is 2. The lowest BCUT2D eigenvalue weighted by Crippen LogP contribution is -2.11. The van der Waals surface area contributed by atoms with Crippen molar-refractivity contribution in [3.05, 3.63) is 91.3 Å². The normalized spacial score (nSPS) is 11.1. The fourth-order valence-corrected chi connectivity index (χ4v) is 4.54. The van der Waals surface area contributed by atoms with Gasteiger partial charge in [-0.2, -0.15) is 0 Å². The number of thiophene rings is 1. The summed E-state index contributed by atoms with van der Waals surface area (Å²) in [6.45, 7) is 3.69. The number of benzene rings is 2. The SMILES string of the molecule is CCOC(=O)c1sc2nc(/C=C/c3cccc(NC(=O)c4ccc(Cl)cc4)c3)[nH]c(=O)c2c1C. The summed E-state index contributed by atoms with van der Waals surface area (Å²) in [7, 11) is 0. The Morgan fingerprint density at radius 1 is 1.18 bits per heavy atom. The zero-order chi connectivity index (χ0) is 24.2. The molecular weight excluding hydrogens is 474 g/mol. The van der Waals surface area contributed by atoms with Crippen LogP contribution in [0.1, 0.15) is 43.9 Å². The summed E-state index contributed by atoms with van der Waals surface area (Å²) in [4.78, 5) is 45.3. The first kappa shape index (κ1) is 23.4. The number of carbonyl (C=O) groups excluding carboxylic acids is 2. The number of rotatable bonds is 6. The van der Waals surface area contributed by atoms with Crippen molar-refractivity contribution in [1.29, 1.82) is 0 Å². The van der Waals surface area contributed by atoms with Gasteiger partial charge in [0.2, 0.25) is 0 Å². The first-order valence-electron chi connectivity index (χ1n) is 10.4. The molecule has 0 bridgehead atoms. The van der Waals surface area contributed by atoms with Crippen LogP contribution < -0.4 is 10.9 Å². The summed E-state index contributed by atoms with van der Waals surface area (Å²) in [5.41, 5.74) is 2.15. The number of hydrogen-bond acceptors (Lipinski definition) is 6. The Bertz CT molecular complexity index is 1470. The number of amides is 1. The smallest absolute Gasteiger partial charge is 0.348 e. The van der Waals surface area contributed by atoms with E-state index in [9.17, 15) is 14.4 Å². The number of ether oxygens (including phenoxy) is 1. The number of aromatic amines is 1.